The number of carbonyl (C=O) groups excluding carboxylic acids is 1. The molecule has 0 heterocycles. The molecule has 24 valence electrons. The van der Waals surface area contributed by atoms with Gasteiger partial charge in [0.25, 0.3) is 0 Å². The molecule has 0 aromatic rings. The fourth-order valence-electron chi connectivity index (χ4n) is 0. The summed E-state index contributed by atoms with van der Waals surface area (Å²) >= 11 is 0. The molecule has 0 aromatic carbocycles. The molecule has 0 atom stereocenters. The summed E-state index contributed by atoms with van der Waals surface area (Å²) in [5.74, 6) is 0. The van der Waals surface area contributed by atoms with Gasteiger partial charge in [0.05, 0.1) is 0 Å². The zero-order chi connectivity index (χ0) is 7.71. The highest BCUT2D eigenvalue weighted by molar-refractivity contribution is 5.48. The molecule has 0 amide bonds. The molecule has 0 aromatic heterocycles. The van der Waals surface area contributed by atoms with E-state index < -0.39 is 13.2 Å². The zero-order valence-electron chi connectivity index (χ0n) is 6.99. The molecule has 1 nitrogen and oxygen atoms in total. The highest BCUT2D eigenvalue weighted by atomic mass is 16.1. The molecule has 0 aliphatic carbocycles. The summed E-state index contributed by atoms with van der Waals surface area (Å²) in [7, 11) is 0. The molecular formula is C3H6O. The third-order valence-corrected chi connectivity index (χ3v) is 0.0589. The van der Waals surface area contributed by atoms with E-state index in [1.165, 1.54) is 0 Å². The lowest BCUT2D eigenvalue weighted by Gasteiger charge is -1.51. The van der Waals surface area contributed by atoms with Crippen molar-refractivity contribution in [3.05, 3.63) is 0 Å². The molecule has 0 spiro atoms. The number of hydrogen-bond acceptors (Lipinski definition) is 1. The van der Waals surface area contributed by atoms with Crippen molar-refractivity contribution in [2.24, 2.45) is 0 Å². The second-order valence-electron chi connectivity index (χ2n) is 0.262. The van der Waals surface area contributed by atoms with Crippen LogP contribution in [0.15, 0.2) is 0 Å². The summed E-state index contributed by atoms with van der Waals surface area (Å²) in [4.78, 5) is 9.74. The maximum Gasteiger partial charge on any atom is 0.119 e. The number of aldehydes is 1. The van der Waals surface area contributed by atoms with Crippen LogP contribution >= 0.6 is 0 Å². The SMILES string of the molecule is [2H]C([2H])([2H])C([2H])([2H])C=O. The Hall–Kier alpha value is -0.330. The summed E-state index contributed by atoms with van der Waals surface area (Å²) in [5, 5.41) is 0. The normalized spacial score (nSPS) is 31.5. The zero-order valence-corrected chi connectivity index (χ0v) is 1.99. The Kier molecular flexibility index (Phi) is 0.297. The van der Waals surface area contributed by atoms with Crippen LogP contribution in [0.25, 0.3) is 0 Å². The van der Waals surface area contributed by atoms with E-state index in [1.807, 2.05) is 0 Å². The van der Waals surface area contributed by atoms with Crippen LogP contribution in [0.2, 0.25) is 0 Å². The predicted molar refractivity (Wildman–Crippen MR) is 16.4 cm³/mol. The third-order valence-electron chi connectivity index (χ3n) is 0.0589. The van der Waals surface area contributed by atoms with Crippen molar-refractivity contribution in [2.75, 3.05) is 0 Å². The second kappa shape index (κ2) is 2.67. The molecule has 0 saturated heterocycles. The van der Waals surface area contributed by atoms with Crippen molar-refractivity contribution in [1.82, 2.24) is 0 Å². The first-order chi connectivity index (χ1) is 3.81. The van der Waals surface area contributed by atoms with Gasteiger partial charge in [-0.25, -0.2) is 0 Å². The van der Waals surface area contributed by atoms with E-state index in [-0.39, 0.29) is 6.29 Å². The average molecular weight is 63.1 g/mol. The molecular weight excluding hydrogens is 52.0 g/mol. The summed E-state index contributed by atoms with van der Waals surface area (Å²) in [5.41, 5.74) is 0. The Morgan fingerprint density at radius 1 is 2.75 bits per heavy atom. The van der Waals surface area contributed by atoms with E-state index >= 15 is 0 Å². The van der Waals surface area contributed by atoms with Crippen LogP contribution in [0.1, 0.15) is 20.1 Å². The molecule has 0 unspecified atom stereocenters. The Morgan fingerprint density at radius 2 is 3.50 bits per heavy atom. The first-order valence-electron chi connectivity index (χ1n) is 3.27. The summed E-state index contributed by atoms with van der Waals surface area (Å²) < 4.78 is 32.5. The molecule has 0 bridgehead atoms. The van der Waals surface area contributed by atoms with Crippen molar-refractivity contribution in [3.63, 3.8) is 0 Å². The monoisotopic (exact) mass is 63.1 g/mol. The molecule has 0 fully saturated rings. The van der Waals surface area contributed by atoms with Crippen LogP contribution in [0.5, 0.6) is 0 Å². The molecule has 0 radical (unpaired) electrons. The van der Waals surface area contributed by atoms with Crippen molar-refractivity contribution in [3.8, 4) is 0 Å². The van der Waals surface area contributed by atoms with Gasteiger partial charge in [-0.3, -0.25) is 0 Å². The molecule has 0 aliphatic rings. The van der Waals surface area contributed by atoms with Gasteiger partial charge in [0.2, 0.25) is 0 Å². The van der Waals surface area contributed by atoms with Gasteiger partial charge in [-0.2, -0.15) is 0 Å². The summed E-state index contributed by atoms with van der Waals surface area (Å²) in [6, 6.07) is 0. The van der Waals surface area contributed by atoms with Crippen LogP contribution in [-0.2, 0) is 4.79 Å². The smallest absolute Gasteiger partial charge is 0.119 e. The fraction of sp³-hybridized carbons (Fsp3) is 0.667. The first kappa shape index (κ1) is 0.445. The van der Waals surface area contributed by atoms with Crippen LogP contribution in [0.4, 0.5) is 0 Å². The van der Waals surface area contributed by atoms with E-state index in [2.05, 4.69) is 0 Å². The molecule has 0 rings (SSSR count). The van der Waals surface area contributed by atoms with Gasteiger partial charge in [-0.15, -0.1) is 0 Å². The van der Waals surface area contributed by atoms with Crippen LogP contribution < -0.4 is 0 Å². The largest absolute Gasteiger partial charge is 0.303 e. The lowest BCUT2D eigenvalue weighted by atomic mass is 10.6. The number of rotatable bonds is 1. The van der Waals surface area contributed by atoms with Gasteiger partial charge in [0, 0.05) is 13.2 Å². The Bertz CT molecular complexity index is 114. The van der Waals surface area contributed by atoms with Crippen molar-refractivity contribution in [2.45, 2.75) is 13.2 Å². The van der Waals surface area contributed by atoms with E-state index in [4.69, 9.17) is 6.85 Å². The molecule has 0 aliphatic heterocycles. The summed E-state index contributed by atoms with van der Waals surface area (Å²) in [6.45, 7) is -2.84. The highest BCUT2D eigenvalue weighted by Crippen LogP contribution is 1.53. The standard InChI is InChI=1S/C3H6O/c1-2-3-4/h3H,2H2,1H3/i1D3,2D2. The number of carbonyl (C=O) groups is 1. The van der Waals surface area contributed by atoms with E-state index in [0.29, 0.717) is 0 Å². The lowest BCUT2D eigenvalue weighted by molar-refractivity contribution is -0.107. The molecule has 4 heavy (non-hydrogen) atoms. The van der Waals surface area contributed by atoms with Crippen molar-refractivity contribution >= 4 is 6.29 Å². The maximum atomic E-state index is 9.74. The lowest BCUT2D eigenvalue weighted by Crippen LogP contribution is -1.55. The molecule has 0 N–H and O–H groups in total. The van der Waals surface area contributed by atoms with E-state index in [0.717, 1.165) is 0 Å². The Labute approximate surface area is 32.7 Å². The first-order valence-corrected chi connectivity index (χ1v) is 0.774. The maximum absolute atomic E-state index is 9.74. The quantitative estimate of drug-likeness (QED) is 0.407. The highest BCUT2D eigenvalue weighted by Gasteiger charge is 1.52. The van der Waals surface area contributed by atoms with Gasteiger partial charge in [0.1, 0.15) is 6.29 Å². The fourth-order valence-corrected chi connectivity index (χ4v) is 0. The molecule has 0 saturated carbocycles. The van der Waals surface area contributed by atoms with Crippen molar-refractivity contribution in [1.29, 1.82) is 0 Å². The molecule has 1 heteroatoms. The minimum absolute atomic E-state index is 0.208. The average Bonchev–Trinajstić information content (AvgIpc) is 1.64. The van der Waals surface area contributed by atoms with Gasteiger partial charge in [-0.1, -0.05) is 6.85 Å². The topological polar surface area (TPSA) is 17.1 Å². The Morgan fingerprint density at radius 3 is 3.50 bits per heavy atom. The van der Waals surface area contributed by atoms with E-state index in [1.54, 1.807) is 0 Å². The van der Waals surface area contributed by atoms with Gasteiger partial charge >= 0.3 is 0 Å². The minimum atomic E-state index is -2.84. The predicted octanol–water partition coefficient (Wildman–Crippen LogP) is 0.595. The van der Waals surface area contributed by atoms with Crippen LogP contribution in [0.3, 0.4) is 0 Å². The number of hydrogen-bond donors (Lipinski definition) is 0. The van der Waals surface area contributed by atoms with Crippen LogP contribution in [0, 0.1) is 0 Å². The van der Waals surface area contributed by atoms with Gasteiger partial charge in [-0.05, 0) is 0 Å². The summed E-state index contributed by atoms with van der Waals surface area (Å²) in [6.07, 6.45) is -2.91. The van der Waals surface area contributed by atoms with E-state index in [9.17, 15) is 4.79 Å². The second-order valence-corrected chi connectivity index (χ2v) is 0.262. The third kappa shape index (κ3) is 1.67. The Balaban J connectivity index is 4.32. The minimum Gasteiger partial charge on any atom is -0.303 e. The van der Waals surface area contributed by atoms with Gasteiger partial charge < -0.3 is 4.79 Å². The van der Waals surface area contributed by atoms with Gasteiger partial charge in [0.15, 0.2) is 0 Å². The van der Waals surface area contributed by atoms with Crippen molar-refractivity contribution < 1.29 is 11.6 Å². The van der Waals surface area contributed by atoms with Crippen LogP contribution in [-0.4, -0.2) is 6.29 Å².